The minimum absolute atomic E-state index is 0.232. The van der Waals surface area contributed by atoms with E-state index in [1.165, 1.54) is 19.3 Å². The van der Waals surface area contributed by atoms with Crippen LogP contribution in [0.4, 0.5) is 11.6 Å². The number of ether oxygens (including phenoxy) is 1. The molecule has 1 N–H and O–H groups in total. The number of anilines is 2. The van der Waals surface area contributed by atoms with Crippen molar-refractivity contribution >= 4 is 11.6 Å². The lowest BCUT2D eigenvalue weighted by atomic mass is 10.1. The van der Waals surface area contributed by atoms with E-state index in [0.29, 0.717) is 6.10 Å². The summed E-state index contributed by atoms with van der Waals surface area (Å²) >= 11 is 0. The van der Waals surface area contributed by atoms with Crippen molar-refractivity contribution in [2.24, 2.45) is 0 Å². The molecule has 0 spiro atoms. The molecule has 3 fully saturated rings. The van der Waals surface area contributed by atoms with Crippen molar-refractivity contribution in [3.05, 3.63) is 12.1 Å². The first-order valence-corrected chi connectivity index (χ1v) is 10.8. The quantitative estimate of drug-likeness (QED) is 0.743. The van der Waals surface area contributed by atoms with Crippen LogP contribution in [0.5, 0.6) is 0 Å². The van der Waals surface area contributed by atoms with E-state index in [1.54, 1.807) is 0 Å². The molecule has 1 aromatic rings. The Morgan fingerprint density at radius 1 is 0.857 bits per heavy atom. The zero-order valence-electron chi connectivity index (χ0n) is 16.9. The predicted octanol–water partition coefficient (Wildman–Crippen LogP) is 0.282. The van der Waals surface area contributed by atoms with Crippen LogP contribution in [-0.4, -0.2) is 110 Å². The number of piperazine rings is 2. The first-order valence-electron chi connectivity index (χ1n) is 10.8. The summed E-state index contributed by atoms with van der Waals surface area (Å²) in [6.07, 6.45) is 4.17. The SMILES string of the molecule is OCCN1CCN(c2ccc(N3CCN(CC4CCCCO4)CC3)nn2)CC1. The third-order valence-corrected chi connectivity index (χ3v) is 6.18. The summed E-state index contributed by atoms with van der Waals surface area (Å²) in [5.41, 5.74) is 0. The summed E-state index contributed by atoms with van der Waals surface area (Å²) < 4.78 is 5.89. The van der Waals surface area contributed by atoms with Gasteiger partial charge >= 0.3 is 0 Å². The molecule has 4 rings (SSSR count). The molecule has 0 amide bonds. The fraction of sp³-hybridized carbons (Fsp3) is 0.800. The minimum Gasteiger partial charge on any atom is -0.395 e. The zero-order chi connectivity index (χ0) is 19.2. The Labute approximate surface area is 168 Å². The Balaban J connectivity index is 1.23. The summed E-state index contributed by atoms with van der Waals surface area (Å²) in [5.74, 6) is 1.94. The second-order valence-corrected chi connectivity index (χ2v) is 8.08. The molecular weight excluding hydrogens is 356 g/mol. The summed E-state index contributed by atoms with van der Waals surface area (Å²) in [7, 11) is 0. The van der Waals surface area contributed by atoms with Crippen LogP contribution < -0.4 is 9.80 Å². The number of rotatable bonds is 6. The second-order valence-electron chi connectivity index (χ2n) is 8.08. The number of aliphatic hydroxyl groups is 1. The van der Waals surface area contributed by atoms with Crippen molar-refractivity contribution in [3.8, 4) is 0 Å². The maximum atomic E-state index is 9.06. The Bertz CT molecular complexity index is 579. The third kappa shape index (κ3) is 5.11. The van der Waals surface area contributed by atoms with Crippen molar-refractivity contribution in [2.45, 2.75) is 25.4 Å². The Kier molecular flexibility index (Phi) is 6.95. The van der Waals surface area contributed by atoms with E-state index in [9.17, 15) is 0 Å². The largest absolute Gasteiger partial charge is 0.395 e. The van der Waals surface area contributed by atoms with Crippen LogP contribution in [0.1, 0.15) is 19.3 Å². The molecule has 0 saturated carbocycles. The van der Waals surface area contributed by atoms with Gasteiger partial charge in [-0.25, -0.2) is 0 Å². The van der Waals surface area contributed by atoms with Crippen molar-refractivity contribution in [1.29, 1.82) is 0 Å². The van der Waals surface area contributed by atoms with E-state index < -0.39 is 0 Å². The number of nitrogens with zero attached hydrogens (tertiary/aromatic N) is 6. The maximum absolute atomic E-state index is 9.06. The molecule has 0 aliphatic carbocycles. The Hall–Kier alpha value is -1.48. The van der Waals surface area contributed by atoms with Crippen LogP contribution in [0.25, 0.3) is 0 Å². The minimum atomic E-state index is 0.232. The molecule has 3 aliphatic heterocycles. The van der Waals surface area contributed by atoms with Gasteiger partial charge < -0.3 is 19.6 Å². The lowest BCUT2D eigenvalue weighted by molar-refractivity contribution is -0.00647. The Morgan fingerprint density at radius 3 is 1.96 bits per heavy atom. The Morgan fingerprint density at radius 2 is 1.46 bits per heavy atom. The van der Waals surface area contributed by atoms with E-state index in [4.69, 9.17) is 9.84 Å². The first kappa shape index (κ1) is 19.8. The molecule has 1 aromatic heterocycles. The standard InChI is InChI=1S/C20H34N6O2/c27-15-14-23-6-10-25(11-7-23)19-4-5-20(22-21-19)26-12-8-24(9-13-26)17-18-3-1-2-16-28-18/h4-5,18,27H,1-3,6-17H2. The van der Waals surface area contributed by atoms with Gasteiger partial charge in [0.25, 0.3) is 0 Å². The van der Waals surface area contributed by atoms with Gasteiger partial charge in [0.1, 0.15) is 0 Å². The molecule has 0 radical (unpaired) electrons. The molecule has 8 nitrogen and oxygen atoms in total. The van der Waals surface area contributed by atoms with Crippen LogP contribution in [0.2, 0.25) is 0 Å². The molecule has 156 valence electrons. The van der Waals surface area contributed by atoms with Gasteiger partial charge in [-0.3, -0.25) is 9.80 Å². The predicted molar refractivity (Wildman–Crippen MR) is 110 cm³/mol. The smallest absolute Gasteiger partial charge is 0.151 e. The molecule has 28 heavy (non-hydrogen) atoms. The van der Waals surface area contributed by atoms with Crippen LogP contribution in [0.3, 0.4) is 0 Å². The number of hydrogen-bond donors (Lipinski definition) is 1. The second kappa shape index (κ2) is 9.82. The number of aromatic nitrogens is 2. The van der Waals surface area contributed by atoms with Crippen LogP contribution in [-0.2, 0) is 4.74 Å². The van der Waals surface area contributed by atoms with E-state index in [1.807, 2.05) is 0 Å². The molecular formula is C20H34N6O2. The van der Waals surface area contributed by atoms with E-state index in [0.717, 1.165) is 83.7 Å². The van der Waals surface area contributed by atoms with Crippen LogP contribution in [0, 0.1) is 0 Å². The van der Waals surface area contributed by atoms with Crippen molar-refractivity contribution in [3.63, 3.8) is 0 Å². The highest BCUT2D eigenvalue weighted by Gasteiger charge is 2.23. The molecule has 0 bridgehead atoms. The monoisotopic (exact) mass is 390 g/mol. The third-order valence-electron chi connectivity index (χ3n) is 6.18. The van der Waals surface area contributed by atoms with Crippen molar-refractivity contribution in [2.75, 3.05) is 88.5 Å². The van der Waals surface area contributed by atoms with Gasteiger partial charge in [-0.05, 0) is 31.4 Å². The molecule has 1 atom stereocenters. The molecule has 1 unspecified atom stereocenters. The first-order chi connectivity index (χ1) is 13.8. The molecule has 0 aromatic carbocycles. The van der Waals surface area contributed by atoms with Crippen LogP contribution >= 0.6 is 0 Å². The van der Waals surface area contributed by atoms with Gasteiger partial charge in [0, 0.05) is 72.1 Å². The van der Waals surface area contributed by atoms with Gasteiger partial charge in [-0.15, -0.1) is 10.2 Å². The highest BCUT2D eigenvalue weighted by molar-refractivity contribution is 5.45. The van der Waals surface area contributed by atoms with Gasteiger partial charge in [-0.2, -0.15) is 0 Å². The lowest BCUT2D eigenvalue weighted by Gasteiger charge is -2.37. The van der Waals surface area contributed by atoms with Crippen LogP contribution in [0.15, 0.2) is 12.1 Å². The molecule has 4 heterocycles. The van der Waals surface area contributed by atoms with E-state index in [-0.39, 0.29) is 6.61 Å². The highest BCUT2D eigenvalue weighted by Crippen LogP contribution is 2.19. The summed E-state index contributed by atoms with van der Waals surface area (Å²) in [6, 6.07) is 4.22. The lowest BCUT2D eigenvalue weighted by Crippen LogP contribution is -2.49. The van der Waals surface area contributed by atoms with Crippen molar-refractivity contribution < 1.29 is 9.84 Å². The highest BCUT2D eigenvalue weighted by atomic mass is 16.5. The van der Waals surface area contributed by atoms with Crippen molar-refractivity contribution in [1.82, 2.24) is 20.0 Å². The van der Waals surface area contributed by atoms with E-state index in [2.05, 4.69) is 41.9 Å². The fourth-order valence-corrected chi connectivity index (χ4v) is 4.40. The number of β-amino-alcohol motifs (C(OH)–C–C–N with tert-alkyl or cyclic N) is 1. The van der Waals surface area contributed by atoms with Gasteiger partial charge in [0.15, 0.2) is 11.6 Å². The average Bonchev–Trinajstić information content (AvgIpc) is 2.76. The zero-order valence-corrected chi connectivity index (χ0v) is 16.9. The number of aliphatic hydroxyl groups excluding tert-OH is 1. The summed E-state index contributed by atoms with van der Waals surface area (Å²) in [6.45, 7) is 10.9. The number of hydrogen-bond acceptors (Lipinski definition) is 8. The van der Waals surface area contributed by atoms with Gasteiger partial charge in [-0.1, -0.05) is 0 Å². The topological polar surface area (TPSA) is 68.2 Å². The molecule has 8 heteroatoms. The maximum Gasteiger partial charge on any atom is 0.151 e. The fourth-order valence-electron chi connectivity index (χ4n) is 4.40. The summed E-state index contributed by atoms with van der Waals surface area (Å²) in [4.78, 5) is 9.44. The van der Waals surface area contributed by atoms with Gasteiger partial charge in [0.2, 0.25) is 0 Å². The van der Waals surface area contributed by atoms with Gasteiger partial charge in [0.05, 0.1) is 12.7 Å². The molecule has 3 saturated heterocycles. The summed E-state index contributed by atoms with van der Waals surface area (Å²) in [5, 5.41) is 18.1. The average molecular weight is 391 g/mol. The molecule has 3 aliphatic rings. The normalized spacial score (nSPS) is 25.2. The van der Waals surface area contributed by atoms with E-state index >= 15 is 0 Å².